The zero-order chi connectivity index (χ0) is 24.7. The van der Waals surface area contributed by atoms with Crippen molar-refractivity contribution in [3.63, 3.8) is 0 Å². The first-order valence-electron chi connectivity index (χ1n) is 11.1. The van der Waals surface area contributed by atoms with Gasteiger partial charge in [0.1, 0.15) is 11.6 Å². The van der Waals surface area contributed by atoms with Gasteiger partial charge in [-0.3, -0.25) is 28.5 Å². The van der Waals surface area contributed by atoms with Gasteiger partial charge in [-0.1, -0.05) is 12.1 Å². The van der Waals surface area contributed by atoms with Gasteiger partial charge in [-0.2, -0.15) is 0 Å². The summed E-state index contributed by atoms with van der Waals surface area (Å²) in [4.78, 5) is 29.9. The van der Waals surface area contributed by atoms with E-state index in [-0.39, 0.29) is 17.3 Å². The Hall–Kier alpha value is -3.36. The van der Waals surface area contributed by atoms with Crippen LogP contribution in [0, 0.1) is 11.6 Å². The topological polar surface area (TPSA) is 50.5 Å². The van der Waals surface area contributed by atoms with Gasteiger partial charge in [0.15, 0.2) is 0 Å². The minimum absolute atomic E-state index is 0.173. The molecule has 0 fully saturated rings. The van der Waals surface area contributed by atoms with Crippen molar-refractivity contribution in [2.24, 2.45) is 0 Å². The van der Waals surface area contributed by atoms with Crippen LogP contribution in [-0.4, -0.2) is 64.0 Å². The van der Waals surface area contributed by atoms with Crippen molar-refractivity contribution in [1.82, 2.24) is 18.9 Å². The second-order valence-electron chi connectivity index (χ2n) is 8.96. The molecule has 0 aliphatic rings. The zero-order valence-electron chi connectivity index (χ0n) is 19.9. The van der Waals surface area contributed by atoms with Crippen LogP contribution in [0.15, 0.2) is 54.9 Å². The molecule has 4 aromatic rings. The maximum atomic E-state index is 14.4. The smallest absolute Gasteiger partial charge is 0.248 e. The molecule has 0 aliphatic heterocycles. The molecule has 2 aromatic carbocycles. The Labute approximate surface area is 197 Å². The van der Waals surface area contributed by atoms with E-state index < -0.39 is 23.7 Å². The van der Waals surface area contributed by atoms with Crippen LogP contribution in [0.3, 0.4) is 0 Å². The van der Waals surface area contributed by atoms with Crippen molar-refractivity contribution >= 4 is 33.6 Å². The third-order valence-electron chi connectivity index (χ3n) is 6.56. The van der Waals surface area contributed by atoms with Crippen molar-refractivity contribution in [2.45, 2.75) is 32.5 Å². The lowest BCUT2D eigenvalue weighted by atomic mass is 10.1. The molecule has 0 amide bonds. The van der Waals surface area contributed by atoms with Gasteiger partial charge in [0, 0.05) is 29.7 Å². The lowest BCUT2D eigenvalue weighted by molar-refractivity contribution is 0.0775. The highest BCUT2D eigenvalue weighted by atomic mass is 19.1. The van der Waals surface area contributed by atoms with Gasteiger partial charge >= 0.3 is 0 Å². The van der Waals surface area contributed by atoms with E-state index in [4.69, 9.17) is 0 Å². The van der Waals surface area contributed by atoms with Crippen LogP contribution in [0.5, 0.6) is 0 Å². The average molecular weight is 467 g/mol. The van der Waals surface area contributed by atoms with Gasteiger partial charge in [-0.25, -0.2) is 8.78 Å². The standard InChI is InChI=1S/C26H28F2N4O2/c1-16(29(3)4)25(33)32-15-19(21-10-9-20(27)13-23(21)32)14-30(5)17(2)26(34)31-12-11-18-7-6-8-22(28)24(18)31/h6-13,15-17H,14H2,1-5H3/t16-,17-/m0/s1. The summed E-state index contributed by atoms with van der Waals surface area (Å²) < 4.78 is 31.3. The molecule has 4 rings (SSSR count). The number of nitrogens with zero attached hydrogens (tertiary/aromatic N) is 4. The number of rotatable bonds is 6. The first-order valence-corrected chi connectivity index (χ1v) is 11.1. The molecule has 0 unspecified atom stereocenters. The van der Waals surface area contributed by atoms with E-state index in [1.165, 1.54) is 27.3 Å². The lowest BCUT2D eigenvalue weighted by Crippen LogP contribution is -2.38. The number of hydrogen-bond acceptors (Lipinski definition) is 4. The van der Waals surface area contributed by atoms with Gasteiger partial charge in [0.25, 0.3) is 0 Å². The van der Waals surface area contributed by atoms with Gasteiger partial charge < -0.3 is 0 Å². The molecular weight excluding hydrogens is 438 g/mol. The molecule has 0 saturated carbocycles. The summed E-state index contributed by atoms with van der Waals surface area (Å²) in [6, 6.07) is 9.80. The molecule has 0 bridgehead atoms. The Bertz CT molecular complexity index is 1390. The van der Waals surface area contributed by atoms with Gasteiger partial charge in [-0.15, -0.1) is 0 Å². The van der Waals surface area contributed by atoms with E-state index in [1.54, 1.807) is 62.5 Å². The van der Waals surface area contributed by atoms with Crippen LogP contribution in [0.2, 0.25) is 0 Å². The van der Waals surface area contributed by atoms with Crippen LogP contribution in [-0.2, 0) is 6.54 Å². The molecule has 0 N–H and O–H groups in total. The van der Waals surface area contributed by atoms with Crippen LogP contribution in [0.4, 0.5) is 8.78 Å². The Kier molecular flexibility index (Phi) is 6.38. The molecule has 178 valence electrons. The highest BCUT2D eigenvalue weighted by molar-refractivity contribution is 5.97. The second-order valence-corrected chi connectivity index (χ2v) is 8.96. The predicted octanol–water partition coefficient (Wildman–Crippen LogP) is 4.63. The summed E-state index contributed by atoms with van der Waals surface area (Å²) in [7, 11) is 5.41. The number of fused-ring (bicyclic) bond motifs is 2. The number of carbonyl (C=O) groups is 2. The SMILES string of the molecule is C[C@@H](C(=O)n1cc(CN(C)[C@@H](C)C(=O)n2ccc3cccc(F)c32)c2ccc(F)cc21)N(C)C. The number of likely N-dealkylation sites (N-methyl/N-ethyl adjacent to an activating group) is 2. The summed E-state index contributed by atoms with van der Waals surface area (Å²) in [5.74, 6) is -1.32. The van der Waals surface area contributed by atoms with Crippen molar-refractivity contribution in [3.05, 3.63) is 72.1 Å². The molecule has 8 heteroatoms. The quantitative estimate of drug-likeness (QED) is 0.416. The summed E-state index contributed by atoms with van der Waals surface area (Å²) >= 11 is 0. The molecule has 2 atom stereocenters. The number of hydrogen-bond donors (Lipinski definition) is 0. The van der Waals surface area contributed by atoms with E-state index in [9.17, 15) is 18.4 Å². The number of para-hydroxylation sites is 1. The van der Waals surface area contributed by atoms with E-state index in [2.05, 4.69) is 0 Å². The van der Waals surface area contributed by atoms with Gasteiger partial charge in [-0.05, 0) is 70.9 Å². The summed E-state index contributed by atoms with van der Waals surface area (Å²) in [5, 5.41) is 1.39. The second kappa shape index (κ2) is 9.12. The highest BCUT2D eigenvalue weighted by Crippen LogP contribution is 2.26. The Morgan fingerprint density at radius 1 is 0.941 bits per heavy atom. The largest absolute Gasteiger partial charge is 0.298 e. The van der Waals surface area contributed by atoms with Crippen molar-refractivity contribution in [2.75, 3.05) is 21.1 Å². The fourth-order valence-corrected chi connectivity index (χ4v) is 4.13. The first-order chi connectivity index (χ1) is 16.1. The summed E-state index contributed by atoms with van der Waals surface area (Å²) in [6.07, 6.45) is 3.29. The Morgan fingerprint density at radius 3 is 2.35 bits per heavy atom. The minimum Gasteiger partial charge on any atom is -0.298 e. The average Bonchev–Trinajstić information content (AvgIpc) is 3.39. The van der Waals surface area contributed by atoms with Crippen LogP contribution < -0.4 is 0 Å². The molecule has 0 spiro atoms. The monoisotopic (exact) mass is 466 g/mol. The molecule has 0 radical (unpaired) electrons. The molecule has 2 aromatic heterocycles. The Balaban J connectivity index is 1.65. The van der Waals surface area contributed by atoms with Crippen molar-refractivity contribution in [1.29, 1.82) is 0 Å². The number of benzene rings is 2. The fraction of sp³-hybridized carbons (Fsp3) is 0.308. The molecule has 34 heavy (non-hydrogen) atoms. The molecule has 6 nitrogen and oxygen atoms in total. The fourth-order valence-electron chi connectivity index (χ4n) is 4.13. The number of aromatic nitrogens is 2. The molecule has 0 aliphatic carbocycles. The van der Waals surface area contributed by atoms with Crippen LogP contribution >= 0.6 is 0 Å². The number of halogens is 2. The van der Waals surface area contributed by atoms with Crippen molar-refractivity contribution < 1.29 is 18.4 Å². The maximum absolute atomic E-state index is 14.4. The third-order valence-corrected chi connectivity index (χ3v) is 6.56. The lowest BCUT2D eigenvalue weighted by Gasteiger charge is -2.24. The Morgan fingerprint density at radius 2 is 1.65 bits per heavy atom. The zero-order valence-corrected chi connectivity index (χ0v) is 19.9. The molecule has 2 heterocycles. The van der Waals surface area contributed by atoms with Crippen LogP contribution in [0.25, 0.3) is 21.8 Å². The maximum Gasteiger partial charge on any atom is 0.248 e. The minimum atomic E-state index is -0.578. The van der Waals surface area contributed by atoms with Crippen molar-refractivity contribution in [3.8, 4) is 0 Å². The normalized spacial score (nSPS) is 13.8. The van der Waals surface area contributed by atoms with Gasteiger partial charge in [0.05, 0.1) is 23.1 Å². The predicted molar refractivity (Wildman–Crippen MR) is 129 cm³/mol. The number of carbonyl (C=O) groups excluding carboxylic acids is 2. The van der Waals surface area contributed by atoms with E-state index in [1.807, 2.05) is 19.0 Å². The van der Waals surface area contributed by atoms with E-state index >= 15 is 0 Å². The first kappa shape index (κ1) is 23.8. The van der Waals surface area contributed by atoms with E-state index in [0.717, 1.165) is 10.9 Å². The summed E-state index contributed by atoms with van der Waals surface area (Å²) in [6.45, 7) is 3.89. The van der Waals surface area contributed by atoms with Gasteiger partial charge in [0.2, 0.25) is 11.8 Å². The molecule has 0 saturated heterocycles. The van der Waals surface area contributed by atoms with E-state index in [0.29, 0.717) is 17.4 Å². The molecular formula is C26H28F2N4O2. The third kappa shape index (κ3) is 4.15. The van der Waals surface area contributed by atoms with Crippen LogP contribution in [0.1, 0.15) is 29.0 Å². The summed E-state index contributed by atoms with van der Waals surface area (Å²) in [5.41, 5.74) is 1.53. The highest BCUT2D eigenvalue weighted by Gasteiger charge is 2.25.